The number of ether oxygens (including phenoxy) is 2. The maximum atomic E-state index is 13.6. The molecule has 0 saturated heterocycles. The number of benzene rings is 2. The molecule has 0 fully saturated rings. The summed E-state index contributed by atoms with van der Waals surface area (Å²) >= 11 is 0. The average molecular weight is 461 g/mol. The van der Waals surface area contributed by atoms with Crippen molar-refractivity contribution in [2.24, 2.45) is 0 Å². The highest BCUT2D eigenvalue weighted by molar-refractivity contribution is 5.94. The van der Waals surface area contributed by atoms with Crippen molar-refractivity contribution in [2.75, 3.05) is 14.2 Å². The second kappa shape index (κ2) is 9.90. The third-order valence-electron chi connectivity index (χ3n) is 5.09. The van der Waals surface area contributed by atoms with Gasteiger partial charge in [-0.3, -0.25) is 9.59 Å². The van der Waals surface area contributed by atoms with Crippen LogP contribution in [0.4, 0.5) is 4.39 Å². The number of aromatic nitrogens is 4. The fourth-order valence-corrected chi connectivity index (χ4v) is 3.38. The Labute approximate surface area is 193 Å². The van der Waals surface area contributed by atoms with Crippen LogP contribution in [0.5, 0.6) is 11.5 Å². The Hall–Kier alpha value is -4.60. The lowest BCUT2D eigenvalue weighted by molar-refractivity contribution is 0.0940. The van der Waals surface area contributed by atoms with Gasteiger partial charge >= 0.3 is 0 Å². The first-order valence-corrected chi connectivity index (χ1v) is 10.2. The number of nitrogens with one attached hydrogen (secondary N) is 2. The van der Waals surface area contributed by atoms with Gasteiger partial charge in [0.15, 0.2) is 5.82 Å². The number of aromatic amines is 1. The van der Waals surface area contributed by atoms with Gasteiger partial charge in [0.1, 0.15) is 28.6 Å². The van der Waals surface area contributed by atoms with Gasteiger partial charge in [-0.15, -0.1) is 5.10 Å². The molecule has 1 atom stereocenters. The highest BCUT2D eigenvalue weighted by atomic mass is 19.1. The topological polar surface area (TPSA) is 119 Å². The minimum atomic E-state index is -0.756. The van der Waals surface area contributed by atoms with Crippen molar-refractivity contribution in [1.29, 1.82) is 0 Å². The molecule has 2 N–H and O–H groups in total. The van der Waals surface area contributed by atoms with Crippen molar-refractivity contribution in [2.45, 2.75) is 6.04 Å². The van der Waals surface area contributed by atoms with Crippen LogP contribution in [0.1, 0.15) is 27.5 Å². The molecule has 0 aliphatic carbocycles. The molecular weight excluding hydrogens is 441 g/mol. The molecule has 0 radical (unpaired) electrons. The Bertz CT molecular complexity index is 1360. The maximum Gasteiger partial charge on any atom is 0.264 e. The molecule has 1 unspecified atom stereocenters. The quantitative estimate of drug-likeness (QED) is 0.434. The molecule has 34 heavy (non-hydrogen) atoms. The van der Waals surface area contributed by atoms with E-state index in [1.165, 1.54) is 38.7 Å². The fourth-order valence-electron chi connectivity index (χ4n) is 3.38. The van der Waals surface area contributed by atoms with Crippen molar-refractivity contribution >= 4 is 5.91 Å². The molecule has 2 aromatic heterocycles. The van der Waals surface area contributed by atoms with Gasteiger partial charge in [0, 0.05) is 24.0 Å². The van der Waals surface area contributed by atoms with Gasteiger partial charge in [0.05, 0.1) is 20.3 Å². The van der Waals surface area contributed by atoms with Gasteiger partial charge in [0.2, 0.25) is 0 Å². The highest BCUT2D eigenvalue weighted by Crippen LogP contribution is 2.33. The molecule has 4 aromatic rings. The molecule has 0 aliphatic heterocycles. The molecule has 9 nitrogen and oxygen atoms in total. The van der Waals surface area contributed by atoms with E-state index >= 15 is 0 Å². The largest absolute Gasteiger partial charge is 0.497 e. The Morgan fingerprint density at radius 1 is 1.09 bits per heavy atom. The van der Waals surface area contributed by atoms with Crippen LogP contribution in [-0.2, 0) is 0 Å². The highest BCUT2D eigenvalue weighted by Gasteiger charge is 2.24. The van der Waals surface area contributed by atoms with E-state index in [0.717, 1.165) is 0 Å². The summed E-state index contributed by atoms with van der Waals surface area (Å²) in [6.45, 7) is 0. The summed E-state index contributed by atoms with van der Waals surface area (Å²) in [5.74, 6) is 0.0907. The summed E-state index contributed by atoms with van der Waals surface area (Å²) in [5, 5.41) is 10.5. The number of carbonyl (C=O) groups excluding carboxylic acids is 1. The summed E-state index contributed by atoms with van der Waals surface area (Å²) in [6, 6.07) is 13.3. The number of halogens is 1. The number of methoxy groups -OCH3 is 2. The molecule has 10 heteroatoms. The zero-order valence-corrected chi connectivity index (χ0v) is 18.3. The molecule has 1 amide bonds. The smallest absolute Gasteiger partial charge is 0.264 e. The standard InChI is InChI=1S/C24H20FN5O4/c1-33-16-9-10-17(20(12-16)34-2)21(14-5-7-15(25)8-6-14)28-23(31)18-13-26-22(29-24(18)32)19-4-3-11-27-30-19/h3-13,21H,1-2H3,(H,28,31)(H,26,29,32). The van der Waals surface area contributed by atoms with Gasteiger partial charge in [-0.05, 0) is 42.0 Å². The zero-order valence-electron chi connectivity index (χ0n) is 18.3. The number of rotatable bonds is 7. The monoisotopic (exact) mass is 461 g/mol. The average Bonchev–Trinajstić information content (AvgIpc) is 2.88. The second-order valence-corrected chi connectivity index (χ2v) is 7.15. The second-order valence-electron chi connectivity index (χ2n) is 7.15. The van der Waals surface area contributed by atoms with E-state index in [-0.39, 0.29) is 11.4 Å². The first-order chi connectivity index (χ1) is 16.5. The van der Waals surface area contributed by atoms with Gasteiger partial charge in [-0.2, -0.15) is 5.10 Å². The molecule has 0 bridgehead atoms. The first-order valence-electron chi connectivity index (χ1n) is 10.2. The Morgan fingerprint density at radius 3 is 2.53 bits per heavy atom. The minimum absolute atomic E-state index is 0.182. The lowest BCUT2D eigenvalue weighted by Gasteiger charge is -2.22. The normalized spacial score (nSPS) is 11.5. The van der Waals surface area contributed by atoms with Crippen LogP contribution in [0.15, 0.2) is 71.8 Å². The van der Waals surface area contributed by atoms with Gasteiger partial charge < -0.3 is 19.8 Å². The van der Waals surface area contributed by atoms with E-state index < -0.39 is 23.3 Å². The lowest BCUT2D eigenvalue weighted by Crippen LogP contribution is -2.34. The number of amides is 1. The number of hydrogen-bond donors (Lipinski definition) is 2. The SMILES string of the molecule is COc1ccc(C(NC(=O)c2cnc(-c3cccnn3)[nH]c2=O)c2ccc(F)cc2)c(OC)c1. The molecule has 0 saturated carbocycles. The van der Waals surface area contributed by atoms with E-state index in [0.29, 0.717) is 28.3 Å². The Balaban J connectivity index is 1.70. The number of H-pyrrole nitrogens is 1. The van der Waals surface area contributed by atoms with Crippen LogP contribution in [0, 0.1) is 5.82 Å². The number of carbonyl (C=O) groups is 1. The van der Waals surface area contributed by atoms with Crippen LogP contribution >= 0.6 is 0 Å². The predicted molar refractivity (Wildman–Crippen MR) is 121 cm³/mol. The summed E-state index contributed by atoms with van der Waals surface area (Å²) in [6.07, 6.45) is 2.66. The maximum absolute atomic E-state index is 13.6. The van der Waals surface area contributed by atoms with Crippen LogP contribution in [0.25, 0.3) is 11.5 Å². The lowest BCUT2D eigenvalue weighted by atomic mass is 9.97. The van der Waals surface area contributed by atoms with E-state index in [9.17, 15) is 14.0 Å². The molecule has 4 rings (SSSR count). The van der Waals surface area contributed by atoms with Crippen molar-refractivity contribution in [3.63, 3.8) is 0 Å². The predicted octanol–water partition coefficient (Wildman–Crippen LogP) is 2.90. The molecule has 2 aromatic carbocycles. The van der Waals surface area contributed by atoms with E-state index in [2.05, 4.69) is 25.5 Å². The van der Waals surface area contributed by atoms with Crippen LogP contribution < -0.4 is 20.3 Å². The Morgan fingerprint density at radius 2 is 1.88 bits per heavy atom. The molecule has 0 aliphatic rings. The van der Waals surface area contributed by atoms with Crippen molar-refractivity contribution in [3.05, 3.63) is 99.9 Å². The summed E-state index contributed by atoms with van der Waals surface area (Å²) < 4.78 is 24.3. The van der Waals surface area contributed by atoms with Crippen LogP contribution in [-0.4, -0.2) is 40.3 Å². The molecule has 2 heterocycles. The van der Waals surface area contributed by atoms with Crippen molar-refractivity contribution in [3.8, 4) is 23.0 Å². The molecule has 172 valence electrons. The van der Waals surface area contributed by atoms with Crippen LogP contribution in [0.2, 0.25) is 0 Å². The first kappa shape index (κ1) is 22.6. The van der Waals surface area contributed by atoms with E-state index in [1.54, 1.807) is 42.5 Å². The number of nitrogens with zero attached hydrogens (tertiary/aromatic N) is 3. The summed E-state index contributed by atoms with van der Waals surface area (Å²) in [7, 11) is 3.01. The van der Waals surface area contributed by atoms with E-state index in [4.69, 9.17) is 9.47 Å². The number of hydrogen-bond acceptors (Lipinski definition) is 7. The molecular formula is C24H20FN5O4. The fraction of sp³-hybridized carbons (Fsp3) is 0.125. The van der Waals surface area contributed by atoms with Crippen molar-refractivity contribution < 1.29 is 18.7 Å². The third kappa shape index (κ3) is 4.75. The van der Waals surface area contributed by atoms with Gasteiger partial charge in [0.25, 0.3) is 11.5 Å². The van der Waals surface area contributed by atoms with Gasteiger partial charge in [-0.25, -0.2) is 9.37 Å². The van der Waals surface area contributed by atoms with Crippen LogP contribution in [0.3, 0.4) is 0 Å². The zero-order chi connectivity index (χ0) is 24.1. The molecule has 0 spiro atoms. The summed E-state index contributed by atoms with van der Waals surface area (Å²) in [4.78, 5) is 32.5. The third-order valence-corrected chi connectivity index (χ3v) is 5.09. The van der Waals surface area contributed by atoms with Gasteiger partial charge in [-0.1, -0.05) is 12.1 Å². The summed E-state index contributed by atoms with van der Waals surface area (Å²) in [5.41, 5.74) is 0.682. The minimum Gasteiger partial charge on any atom is -0.497 e. The van der Waals surface area contributed by atoms with Crippen molar-refractivity contribution in [1.82, 2.24) is 25.5 Å². The van der Waals surface area contributed by atoms with E-state index in [1.807, 2.05) is 0 Å². The Kier molecular flexibility index (Phi) is 6.58.